The molecule has 184 valence electrons. The molecule has 1 amide bonds. The first-order valence-corrected chi connectivity index (χ1v) is 12.6. The van der Waals surface area contributed by atoms with E-state index < -0.39 is 10.0 Å². The summed E-state index contributed by atoms with van der Waals surface area (Å²) in [5, 5.41) is 6.31. The van der Waals surface area contributed by atoms with E-state index in [0.29, 0.717) is 33.3 Å². The van der Waals surface area contributed by atoms with Crippen molar-refractivity contribution in [2.24, 2.45) is 4.40 Å². The number of amides is 1. The second kappa shape index (κ2) is 11.3. The highest BCUT2D eigenvalue weighted by Gasteiger charge is 2.21. The Kier molecular flexibility index (Phi) is 8.42. The van der Waals surface area contributed by atoms with Gasteiger partial charge in [-0.15, -0.1) is 4.40 Å². The molecule has 0 unspecified atom stereocenters. The predicted octanol–water partition coefficient (Wildman–Crippen LogP) is 4.08. The van der Waals surface area contributed by atoms with Gasteiger partial charge < -0.3 is 15.5 Å². The number of rotatable bonds is 9. The van der Waals surface area contributed by atoms with Gasteiger partial charge in [0.2, 0.25) is 11.9 Å². The molecule has 0 radical (unpaired) electrons. The summed E-state index contributed by atoms with van der Waals surface area (Å²) in [7, 11) is -0.770. The molecule has 3 aromatic rings. The van der Waals surface area contributed by atoms with Crippen molar-refractivity contribution >= 4 is 45.5 Å². The number of nitrogens with zero attached hydrogens (tertiary/aromatic N) is 4. The Labute approximate surface area is 210 Å². The van der Waals surface area contributed by atoms with Gasteiger partial charge in [-0.3, -0.25) is 4.79 Å². The van der Waals surface area contributed by atoms with Gasteiger partial charge in [-0.1, -0.05) is 35.9 Å². The van der Waals surface area contributed by atoms with E-state index in [9.17, 15) is 13.2 Å². The number of anilines is 2. The van der Waals surface area contributed by atoms with Crippen LogP contribution in [0.25, 0.3) is 11.1 Å². The molecular weight excluding hydrogens is 488 g/mol. The molecule has 0 saturated carbocycles. The second-order valence-electron chi connectivity index (χ2n) is 8.28. The van der Waals surface area contributed by atoms with Crippen molar-refractivity contribution in [1.29, 1.82) is 0 Å². The number of nitrogens with one attached hydrogen (secondary N) is 2. The Balaban J connectivity index is 1.97. The van der Waals surface area contributed by atoms with Gasteiger partial charge in [0.1, 0.15) is 6.34 Å². The third-order valence-electron chi connectivity index (χ3n) is 4.65. The van der Waals surface area contributed by atoms with E-state index in [1.807, 2.05) is 13.8 Å². The van der Waals surface area contributed by atoms with Crippen LogP contribution >= 0.6 is 11.6 Å². The quantitative estimate of drug-likeness (QED) is 0.326. The minimum atomic E-state index is -4.10. The van der Waals surface area contributed by atoms with Crippen molar-refractivity contribution in [2.75, 3.05) is 24.7 Å². The molecule has 1 heterocycles. The van der Waals surface area contributed by atoms with Crippen LogP contribution in [-0.2, 0) is 21.2 Å². The van der Waals surface area contributed by atoms with Gasteiger partial charge in [0.05, 0.1) is 11.3 Å². The minimum Gasteiger partial charge on any atom is -0.368 e. The Hall–Kier alpha value is -3.50. The normalized spacial score (nSPS) is 11.6. The van der Waals surface area contributed by atoms with E-state index in [1.165, 1.54) is 29.7 Å². The fraction of sp³-hybridized carbons (Fsp3) is 0.250. The van der Waals surface area contributed by atoms with Crippen molar-refractivity contribution in [1.82, 2.24) is 14.9 Å². The lowest BCUT2D eigenvalue weighted by molar-refractivity contribution is -0.115. The maximum atomic E-state index is 13.1. The van der Waals surface area contributed by atoms with Gasteiger partial charge in [-0.05, 0) is 37.6 Å². The van der Waals surface area contributed by atoms with Gasteiger partial charge in [0.15, 0.2) is 0 Å². The minimum absolute atomic E-state index is 0.0421. The summed E-state index contributed by atoms with van der Waals surface area (Å²) in [6.07, 6.45) is 4.32. The van der Waals surface area contributed by atoms with Crippen LogP contribution in [0.15, 0.2) is 64.2 Å². The fourth-order valence-corrected chi connectivity index (χ4v) is 4.45. The van der Waals surface area contributed by atoms with Crippen molar-refractivity contribution < 1.29 is 13.2 Å². The highest BCUT2D eigenvalue weighted by molar-refractivity contribution is 7.90. The lowest BCUT2D eigenvalue weighted by Crippen LogP contribution is -2.15. The Bertz CT molecular complexity index is 1330. The Morgan fingerprint density at radius 1 is 1.14 bits per heavy atom. The van der Waals surface area contributed by atoms with Crippen molar-refractivity contribution in [3.05, 3.63) is 65.4 Å². The number of carbonyl (C=O) groups is 1. The average Bonchev–Trinajstić information content (AvgIpc) is 2.79. The number of halogens is 1. The van der Waals surface area contributed by atoms with Gasteiger partial charge in [-0.25, -0.2) is 9.97 Å². The molecule has 0 bridgehead atoms. The smallest absolute Gasteiger partial charge is 0.284 e. The monoisotopic (exact) mass is 514 g/mol. The van der Waals surface area contributed by atoms with E-state index in [4.69, 9.17) is 11.6 Å². The van der Waals surface area contributed by atoms with Gasteiger partial charge in [0, 0.05) is 54.4 Å². The first-order chi connectivity index (χ1) is 16.5. The number of benzene rings is 2. The number of hydrogen-bond donors (Lipinski definition) is 2. The third-order valence-corrected chi connectivity index (χ3v) is 6.28. The van der Waals surface area contributed by atoms with Gasteiger partial charge in [-0.2, -0.15) is 8.42 Å². The summed E-state index contributed by atoms with van der Waals surface area (Å²) in [5.41, 5.74) is 1.83. The van der Waals surface area contributed by atoms with Crippen molar-refractivity contribution in [3.8, 4) is 11.1 Å². The molecule has 0 atom stereocenters. The molecule has 35 heavy (non-hydrogen) atoms. The van der Waals surface area contributed by atoms with E-state index in [0.717, 1.165) is 0 Å². The summed E-state index contributed by atoms with van der Waals surface area (Å²) < 4.78 is 30.0. The van der Waals surface area contributed by atoms with Crippen LogP contribution in [0.1, 0.15) is 19.4 Å². The molecule has 11 heteroatoms. The molecule has 3 rings (SSSR count). The first kappa shape index (κ1) is 26.1. The van der Waals surface area contributed by atoms with E-state index in [2.05, 4.69) is 25.0 Å². The molecule has 0 aliphatic carbocycles. The molecule has 2 aromatic carbocycles. The summed E-state index contributed by atoms with van der Waals surface area (Å²) >= 11 is 6.15. The summed E-state index contributed by atoms with van der Waals surface area (Å²) in [4.78, 5) is 22.6. The lowest BCUT2D eigenvalue weighted by Gasteiger charge is -2.13. The topological polar surface area (TPSA) is 117 Å². The van der Waals surface area contributed by atoms with Crippen LogP contribution in [0.2, 0.25) is 5.02 Å². The Morgan fingerprint density at radius 2 is 1.83 bits per heavy atom. The highest BCUT2D eigenvalue weighted by Crippen LogP contribution is 2.31. The SMILES string of the molecule is CC(C)Nc1ncc(-c2ccc(NC(=O)Cc3ccccc3Cl)cc2S(=O)(=O)N=CN(C)C)cn1. The largest absolute Gasteiger partial charge is 0.368 e. The molecule has 1 aromatic heterocycles. The summed E-state index contributed by atoms with van der Waals surface area (Å²) in [6.45, 7) is 3.92. The van der Waals surface area contributed by atoms with E-state index in [1.54, 1.807) is 50.5 Å². The van der Waals surface area contributed by atoms with Crippen molar-refractivity contribution in [2.45, 2.75) is 31.2 Å². The van der Waals surface area contributed by atoms with Gasteiger partial charge in [0.25, 0.3) is 10.0 Å². The van der Waals surface area contributed by atoms with Crippen LogP contribution in [-0.4, -0.2) is 55.7 Å². The zero-order valence-electron chi connectivity index (χ0n) is 19.9. The molecule has 0 fully saturated rings. The molecule has 0 saturated heterocycles. The third kappa shape index (κ3) is 7.24. The highest BCUT2D eigenvalue weighted by atomic mass is 35.5. The standard InChI is InChI=1S/C24H27ClN6O3S/c1-16(2)29-24-26-13-18(14-27-24)20-10-9-19(12-22(20)35(33,34)28-15-31(3)4)30-23(32)11-17-7-5-6-8-21(17)25/h5-10,12-16H,11H2,1-4H3,(H,30,32)(H,26,27,29). The maximum Gasteiger partial charge on any atom is 0.284 e. The van der Waals surface area contributed by atoms with Crippen LogP contribution in [0.4, 0.5) is 11.6 Å². The zero-order chi connectivity index (χ0) is 25.6. The lowest BCUT2D eigenvalue weighted by atomic mass is 10.1. The average molecular weight is 515 g/mol. The molecule has 0 aliphatic heterocycles. The second-order valence-corrected chi connectivity index (χ2v) is 10.3. The zero-order valence-corrected chi connectivity index (χ0v) is 21.4. The number of hydrogen-bond acceptors (Lipinski definition) is 6. The Morgan fingerprint density at radius 3 is 2.46 bits per heavy atom. The number of sulfonamides is 1. The van der Waals surface area contributed by atoms with Crippen LogP contribution in [0.5, 0.6) is 0 Å². The molecule has 0 aliphatic rings. The maximum absolute atomic E-state index is 13.1. The summed E-state index contributed by atoms with van der Waals surface area (Å²) in [5.74, 6) is 0.0979. The molecule has 0 spiro atoms. The van der Waals surface area contributed by atoms with Crippen LogP contribution in [0, 0.1) is 0 Å². The summed E-state index contributed by atoms with van der Waals surface area (Å²) in [6, 6.07) is 11.8. The van der Waals surface area contributed by atoms with E-state index >= 15 is 0 Å². The van der Waals surface area contributed by atoms with Gasteiger partial charge >= 0.3 is 0 Å². The molecule has 9 nitrogen and oxygen atoms in total. The van der Waals surface area contributed by atoms with E-state index in [-0.39, 0.29) is 23.3 Å². The van der Waals surface area contributed by atoms with Crippen molar-refractivity contribution in [3.63, 3.8) is 0 Å². The first-order valence-electron chi connectivity index (χ1n) is 10.8. The van der Waals surface area contributed by atoms with Crippen LogP contribution in [0.3, 0.4) is 0 Å². The molecular formula is C24H27ClN6O3S. The fourth-order valence-electron chi connectivity index (χ4n) is 3.08. The predicted molar refractivity (Wildman–Crippen MR) is 139 cm³/mol. The number of carbonyl (C=O) groups excluding carboxylic acids is 1. The van der Waals surface area contributed by atoms with Crippen LogP contribution < -0.4 is 10.6 Å². The number of aromatic nitrogens is 2. The molecule has 2 N–H and O–H groups in total.